The van der Waals surface area contributed by atoms with Crippen LogP contribution in [0.4, 0.5) is 0 Å². The van der Waals surface area contributed by atoms with Gasteiger partial charge in [-0.1, -0.05) is 11.8 Å². The molecule has 0 aliphatic carbocycles. The monoisotopic (exact) mass is 248 g/mol. The van der Waals surface area contributed by atoms with Crippen LogP contribution in [0, 0.1) is 11.8 Å². The zero-order chi connectivity index (χ0) is 12.1. The first kappa shape index (κ1) is 12.2. The average molecular weight is 248 g/mol. The fourth-order valence-corrected chi connectivity index (χ4v) is 2.78. The molecule has 1 saturated heterocycles. The van der Waals surface area contributed by atoms with E-state index in [0.717, 1.165) is 30.8 Å². The molecule has 0 radical (unpaired) electrons. The summed E-state index contributed by atoms with van der Waals surface area (Å²) >= 11 is 1.65. The molecule has 1 aliphatic rings. The predicted octanol–water partition coefficient (Wildman–Crippen LogP) is 1.57. The Kier molecular flexibility index (Phi) is 4.18. The van der Waals surface area contributed by atoms with Crippen LogP contribution in [0.1, 0.15) is 29.0 Å². The first-order valence-electron chi connectivity index (χ1n) is 5.85. The molecule has 0 bridgehead atoms. The highest BCUT2D eigenvalue weighted by Gasteiger charge is 2.18. The molecule has 2 N–H and O–H groups in total. The quantitative estimate of drug-likeness (QED) is 0.808. The van der Waals surface area contributed by atoms with Gasteiger partial charge in [-0.3, -0.25) is 4.79 Å². The number of carbonyl (C=O) groups is 1. The maximum absolute atomic E-state index is 11.7. The van der Waals surface area contributed by atoms with Gasteiger partial charge >= 0.3 is 0 Å². The minimum Gasteiger partial charge on any atom is -0.338 e. The summed E-state index contributed by atoms with van der Waals surface area (Å²) in [6, 6.07) is 4.05. The fraction of sp³-hybridized carbons (Fsp3) is 0.462. The highest BCUT2D eigenvalue weighted by molar-refractivity contribution is 7.12. The van der Waals surface area contributed by atoms with E-state index in [1.165, 1.54) is 4.88 Å². The van der Waals surface area contributed by atoms with Crippen molar-refractivity contribution in [1.29, 1.82) is 0 Å². The predicted molar refractivity (Wildman–Crippen MR) is 69.5 cm³/mol. The van der Waals surface area contributed by atoms with Crippen molar-refractivity contribution in [3.63, 3.8) is 0 Å². The van der Waals surface area contributed by atoms with Crippen LogP contribution in [0.5, 0.6) is 0 Å². The maximum Gasteiger partial charge on any atom is 0.222 e. The summed E-state index contributed by atoms with van der Waals surface area (Å²) < 4.78 is 0. The van der Waals surface area contributed by atoms with Gasteiger partial charge in [-0.05, 0) is 25.0 Å². The molecule has 4 heteroatoms. The zero-order valence-corrected chi connectivity index (χ0v) is 10.6. The fourth-order valence-electron chi connectivity index (χ4n) is 1.89. The highest BCUT2D eigenvalue weighted by Crippen LogP contribution is 2.20. The molecule has 1 fully saturated rings. The number of piperidine rings is 1. The van der Waals surface area contributed by atoms with Crippen molar-refractivity contribution in [2.75, 3.05) is 13.1 Å². The molecule has 1 aromatic heterocycles. The molecule has 0 spiro atoms. The average Bonchev–Trinajstić information content (AvgIpc) is 2.77. The number of rotatable bonds is 2. The number of carbonyl (C=O) groups excluding carboxylic acids is 1. The molecule has 3 nitrogen and oxygen atoms in total. The maximum atomic E-state index is 11.7. The van der Waals surface area contributed by atoms with E-state index in [1.807, 2.05) is 17.0 Å². The Balaban J connectivity index is 1.98. The van der Waals surface area contributed by atoms with Gasteiger partial charge in [0, 0.05) is 17.8 Å². The molecule has 2 heterocycles. The summed E-state index contributed by atoms with van der Waals surface area (Å²) in [7, 11) is 0. The van der Waals surface area contributed by atoms with E-state index < -0.39 is 0 Å². The van der Waals surface area contributed by atoms with Gasteiger partial charge in [0.25, 0.3) is 0 Å². The largest absolute Gasteiger partial charge is 0.338 e. The van der Waals surface area contributed by atoms with Crippen LogP contribution in [0.3, 0.4) is 0 Å². The smallest absolute Gasteiger partial charge is 0.222 e. The van der Waals surface area contributed by atoms with E-state index in [2.05, 4.69) is 11.8 Å². The summed E-state index contributed by atoms with van der Waals surface area (Å²) in [6.07, 6.45) is 2.86. The third kappa shape index (κ3) is 3.32. The molecule has 2 rings (SSSR count). The molecule has 0 atom stereocenters. The lowest BCUT2D eigenvalue weighted by molar-refractivity contribution is -0.133. The minimum absolute atomic E-state index is 0.277. The van der Waals surface area contributed by atoms with Crippen LogP contribution in [0.2, 0.25) is 0 Å². The molecule has 0 unspecified atom stereocenters. The number of likely N-dealkylation sites (tertiary alicyclic amines) is 1. The van der Waals surface area contributed by atoms with Gasteiger partial charge in [0.05, 0.1) is 18.0 Å². The van der Waals surface area contributed by atoms with Gasteiger partial charge in [-0.25, -0.2) is 0 Å². The number of amides is 1. The van der Waals surface area contributed by atoms with Crippen LogP contribution in [0.15, 0.2) is 12.1 Å². The van der Waals surface area contributed by atoms with E-state index in [4.69, 9.17) is 5.73 Å². The Morgan fingerprint density at radius 2 is 2.29 bits per heavy atom. The second kappa shape index (κ2) is 5.85. The first-order valence-corrected chi connectivity index (χ1v) is 6.66. The van der Waals surface area contributed by atoms with Crippen molar-refractivity contribution in [2.45, 2.75) is 25.8 Å². The summed E-state index contributed by atoms with van der Waals surface area (Å²) in [6.45, 7) is 2.01. The lowest BCUT2D eigenvalue weighted by Crippen LogP contribution is -2.34. The van der Waals surface area contributed by atoms with Gasteiger partial charge in [0.15, 0.2) is 0 Å². The Hall–Kier alpha value is -1.31. The number of hydrogen-bond donors (Lipinski definition) is 1. The van der Waals surface area contributed by atoms with Crippen LogP contribution in [-0.2, 0) is 11.3 Å². The summed E-state index contributed by atoms with van der Waals surface area (Å²) in [5.74, 6) is 6.13. The normalized spacial score (nSPS) is 15.6. The lowest BCUT2D eigenvalue weighted by atomic mass is 10.1. The lowest BCUT2D eigenvalue weighted by Gasteiger charge is -2.26. The number of hydrogen-bond acceptors (Lipinski definition) is 3. The topological polar surface area (TPSA) is 46.3 Å². The minimum atomic E-state index is 0.277. The van der Waals surface area contributed by atoms with E-state index >= 15 is 0 Å². The Morgan fingerprint density at radius 3 is 3.06 bits per heavy atom. The summed E-state index contributed by atoms with van der Waals surface area (Å²) in [5.41, 5.74) is 5.33. The van der Waals surface area contributed by atoms with Crippen LogP contribution in [-0.4, -0.2) is 23.9 Å². The molecule has 17 heavy (non-hydrogen) atoms. The standard InChI is InChI=1S/C13H16N2OS/c14-8-3-4-11-6-7-12(17-11)10-15-9-2-1-5-13(15)16/h6-7H,1-2,5,8-10,14H2. The number of nitrogens with two attached hydrogens (primary N) is 1. The van der Waals surface area contributed by atoms with Gasteiger partial charge in [-0.2, -0.15) is 0 Å². The summed E-state index contributed by atoms with van der Waals surface area (Å²) in [5, 5.41) is 0. The molecule has 1 amide bonds. The summed E-state index contributed by atoms with van der Waals surface area (Å²) in [4.78, 5) is 15.8. The van der Waals surface area contributed by atoms with Crippen molar-refractivity contribution in [3.05, 3.63) is 21.9 Å². The molecular formula is C13H16N2OS. The third-order valence-corrected chi connectivity index (χ3v) is 3.73. The van der Waals surface area contributed by atoms with Gasteiger partial charge in [-0.15, -0.1) is 11.3 Å². The van der Waals surface area contributed by atoms with Crippen molar-refractivity contribution < 1.29 is 4.79 Å². The van der Waals surface area contributed by atoms with Crippen molar-refractivity contribution in [3.8, 4) is 11.8 Å². The van der Waals surface area contributed by atoms with Crippen molar-refractivity contribution >= 4 is 17.2 Å². The SMILES string of the molecule is NCC#Cc1ccc(CN2CCCCC2=O)s1. The molecule has 0 saturated carbocycles. The van der Waals surface area contributed by atoms with Crippen LogP contribution in [0.25, 0.3) is 0 Å². The van der Waals surface area contributed by atoms with Gasteiger partial charge < -0.3 is 10.6 Å². The van der Waals surface area contributed by atoms with E-state index in [0.29, 0.717) is 13.0 Å². The molecule has 0 aromatic carbocycles. The molecule has 1 aromatic rings. The van der Waals surface area contributed by atoms with Crippen LogP contribution >= 0.6 is 11.3 Å². The number of thiophene rings is 1. The van der Waals surface area contributed by atoms with Crippen molar-refractivity contribution in [1.82, 2.24) is 4.90 Å². The number of nitrogens with zero attached hydrogens (tertiary/aromatic N) is 1. The molecule has 1 aliphatic heterocycles. The van der Waals surface area contributed by atoms with E-state index in [9.17, 15) is 4.79 Å². The van der Waals surface area contributed by atoms with E-state index in [-0.39, 0.29) is 5.91 Å². The second-order valence-electron chi connectivity index (χ2n) is 4.04. The highest BCUT2D eigenvalue weighted by atomic mass is 32.1. The molecule has 90 valence electrons. The van der Waals surface area contributed by atoms with Crippen molar-refractivity contribution in [2.24, 2.45) is 5.73 Å². The van der Waals surface area contributed by atoms with Crippen LogP contribution < -0.4 is 5.73 Å². The third-order valence-electron chi connectivity index (χ3n) is 2.74. The first-order chi connectivity index (χ1) is 8.29. The second-order valence-corrected chi connectivity index (χ2v) is 5.21. The zero-order valence-electron chi connectivity index (χ0n) is 9.74. The Bertz CT molecular complexity index is 455. The van der Waals surface area contributed by atoms with E-state index in [1.54, 1.807) is 11.3 Å². The van der Waals surface area contributed by atoms with Gasteiger partial charge in [0.1, 0.15) is 0 Å². The molecular weight excluding hydrogens is 232 g/mol. The Morgan fingerprint density at radius 1 is 1.41 bits per heavy atom. The Labute approximate surface area is 106 Å². The van der Waals surface area contributed by atoms with Gasteiger partial charge in [0.2, 0.25) is 5.91 Å².